The van der Waals surface area contributed by atoms with E-state index in [1.165, 1.54) is 4.90 Å². The number of hydrogen-bond donors (Lipinski definition) is 1. The Bertz CT molecular complexity index is 903. The maximum Gasteiger partial charge on any atom is 0.401 e. The first-order valence-corrected chi connectivity index (χ1v) is 9.37. The van der Waals surface area contributed by atoms with E-state index in [4.69, 9.17) is 0 Å². The van der Waals surface area contributed by atoms with Gasteiger partial charge in [-0.1, -0.05) is 36.8 Å². The summed E-state index contributed by atoms with van der Waals surface area (Å²) in [5, 5.41) is 0. The fourth-order valence-corrected chi connectivity index (χ4v) is 3.70. The predicted octanol–water partition coefficient (Wildman–Crippen LogP) is 5.23. The average Bonchev–Trinajstić information content (AvgIpc) is 3.18. The van der Waals surface area contributed by atoms with E-state index < -0.39 is 12.7 Å². The molecule has 0 bridgehead atoms. The van der Waals surface area contributed by atoms with Crippen molar-refractivity contribution in [3.8, 4) is 22.5 Å². The summed E-state index contributed by atoms with van der Waals surface area (Å²) in [5.74, 6) is 0.589. The number of nitrogens with one attached hydrogen (secondary N) is 1. The van der Waals surface area contributed by atoms with Gasteiger partial charge in [0.15, 0.2) is 0 Å². The lowest BCUT2D eigenvalue weighted by molar-refractivity contribution is -0.154. The molecule has 7 heteroatoms. The second kappa shape index (κ2) is 7.75. The average molecular weight is 386 g/mol. The minimum atomic E-state index is -4.21. The molecule has 0 saturated carbocycles. The van der Waals surface area contributed by atoms with Gasteiger partial charge in [0.05, 0.1) is 24.0 Å². The van der Waals surface area contributed by atoms with Crippen molar-refractivity contribution < 1.29 is 13.2 Å². The number of aromatic amines is 1. The number of alkyl halides is 3. The van der Waals surface area contributed by atoms with Crippen LogP contribution in [-0.2, 0) is 0 Å². The van der Waals surface area contributed by atoms with E-state index in [1.54, 1.807) is 12.4 Å². The number of pyridine rings is 1. The lowest BCUT2D eigenvalue weighted by Gasteiger charge is -2.34. The SMILES string of the molecule is FC(F)(F)CN1CCCC[C@H]1c1nc(-c2ccc(-c3ccccc3)nc2)c[nH]1. The molecule has 1 aromatic carbocycles. The van der Waals surface area contributed by atoms with Gasteiger partial charge in [-0.3, -0.25) is 9.88 Å². The molecule has 0 aliphatic carbocycles. The number of hydrogen-bond acceptors (Lipinski definition) is 3. The molecule has 1 aliphatic heterocycles. The molecule has 3 heterocycles. The molecule has 0 spiro atoms. The molecule has 146 valence electrons. The Morgan fingerprint density at radius 3 is 2.54 bits per heavy atom. The number of imidazole rings is 1. The Kier molecular flexibility index (Phi) is 5.17. The van der Waals surface area contributed by atoms with Crippen LogP contribution in [0.1, 0.15) is 31.1 Å². The van der Waals surface area contributed by atoms with Gasteiger partial charge < -0.3 is 4.98 Å². The van der Waals surface area contributed by atoms with Gasteiger partial charge in [0.2, 0.25) is 0 Å². The quantitative estimate of drug-likeness (QED) is 0.668. The Hall–Kier alpha value is -2.67. The topological polar surface area (TPSA) is 44.8 Å². The molecule has 1 fully saturated rings. The number of halogens is 3. The monoisotopic (exact) mass is 386 g/mol. The van der Waals surface area contributed by atoms with Crippen LogP contribution in [0.15, 0.2) is 54.9 Å². The summed E-state index contributed by atoms with van der Waals surface area (Å²) in [4.78, 5) is 13.6. The van der Waals surface area contributed by atoms with Crippen LogP contribution in [0.2, 0.25) is 0 Å². The number of rotatable bonds is 4. The molecule has 0 unspecified atom stereocenters. The summed E-state index contributed by atoms with van der Waals surface area (Å²) < 4.78 is 38.7. The number of nitrogens with zero attached hydrogens (tertiary/aromatic N) is 3. The van der Waals surface area contributed by atoms with Gasteiger partial charge in [0.1, 0.15) is 5.82 Å². The zero-order valence-corrected chi connectivity index (χ0v) is 15.3. The second-order valence-corrected chi connectivity index (χ2v) is 7.07. The van der Waals surface area contributed by atoms with E-state index in [9.17, 15) is 13.2 Å². The Balaban J connectivity index is 1.53. The number of likely N-dealkylation sites (tertiary alicyclic amines) is 1. The van der Waals surface area contributed by atoms with Crippen molar-refractivity contribution in [3.63, 3.8) is 0 Å². The summed E-state index contributed by atoms with van der Waals surface area (Å²) in [6, 6.07) is 13.4. The van der Waals surface area contributed by atoms with Crippen LogP contribution in [-0.4, -0.2) is 39.1 Å². The van der Waals surface area contributed by atoms with Gasteiger partial charge >= 0.3 is 6.18 Å². The standard InChI is InChI=1S/C21H21F3N4/c22-21(23,24)14-28-11-5-4-8-19(28)20-26-13-18(27-20)16-9-10-17(25-12-16)15-6-2-1-3-7-15/h1-3,6-7,9-10,12-13,19H,4-5,8,11,14H2,(H,26,27)/t19-/m0/s1. The molecule has 28 heavy (non-hydrogen) atoms. The first-order valence-electron chi connectivity index (χ1n) is 9.37. The lowest BCUT2D eigenvalue weighted by Crippen LogP contribution is -2.40. The molecule has 1 N–H and O–H groups in total. The van der Waals surface area contributed by atoms with Crippen molar-refractivity contribution >= 4 is 0 Å². The van der Waals surface area contributed by atoms with Crippen LogP contribution in [0.5, 0.6) is 0 Å². The third-order valence-corrected chi connectivity index (χ3v) is 5.04. The first-order chi connectivity index (χ1) is 13.5. The van der Waals surface area contributed by atoms with Gasteiger partial charge in [0, 0.05) is 23.5 Å². The van der Waals surface area contributed by atoms with E-state index >= 15 is 0 Å². The minimum absolute atomic E-state index is 0.333. The zero-order chi connectivity index (χ0) is 19.6. The van der Waals surface area contributed by atoms with Crippen molar-refractivity contribution in [1.29, 1.82) is 0 Å². The number of H-pyrrole nitrogens is 1. The molecule has 0 radical (unpaired) electrons. The summed E-state index contributed by atoms with van der Waals surface area (Å²) in [7, 11) is 0. The normalized spacial score (nSPS) is 18.3. The summed E-state index contributed by atoms with van der Waals surface area (Å²) in [5.41, 5.74) is 3.42. The van der Waals surface area contributed by atoms with Crippen LogP contribution < -0.4 is 0 Å². The van der Waals surface area contributed by atoms with Crippen molar-refractivity contribution in [1.82, 2.24) is 19.9 Å². The van der Waals surface area contributed by atoms with Crippen LogP contribution in [0.25, 0.3) is 22.5 Å². The van der Waals surface area contributed by atoms with Crippen LogP contribution in [0, 0.1) is 0 Å². The maximum absolute atomic E-state index is 12.9. The number of aromatic nitrogens is 3. The van der Waals surface area contributed by atoms with E-state index in [0.29, 0.717) is 24.5 Å². The van der Waals surface area contributed by atoms with Gasteiger partial charge in [-0.05, 0) is 31.5 Å². The summed E-state index contributed by atoms with van der Waals surface area (Å²) >= 11 is 0. The molecular weight excluding hydrogens is 365 g/mol. The van der Waals surface area contributed by atoms with Crippen molar-refractivity contribution in [3.05, 3.63) is 60.7 Å². The van der Waals surface area contributed by atoms with Crippen molar-refractivity contribution in [2.24, 2.45) is 0 Å². The fourth-order valence-electron chi connectivity index (χ4n) is 3.70. The smallest absolute Gasteiger partial charge is 0.347 e. The predicted molar refractivity (Wildman–Crippen MR) is 101 cm³/mol. The molecule has 1 atom stereocenters. The molecule has 4 rings (SSSR count). The van der Waals surface area contributed by atoms with E-state index in [0.717, 1.165) is 29.7 Å². The zero-order valence-electron chi connectivity index (χ0n) is 15.3. The summed E-state index contributed by atoms with van der Waals surface area (Å²) in [6.07, 6.45) is 1.65. The molecule has 1 aliphatic rings. The van der Waals surface area contributed by atoms with Crippen molar-refractivity contribution in [2.75, 3.05) is 13.1 Å². The molecule has 4 nitrogen and oxygen atoms in total. The molecule has 0 amide bonds. The third kappa shape index (κ3) is 4.25. The Labute approximate surface area is 161 Å². The first kappa shape index (κ1) is 18.7. The molecular formula is C21H21F3N4. The minimum Gasteiger partial charge on any atom is -0.347 e. The van der Waals surface area contributed by atoms with Gasteiger partial charge in [-0.2, -0.15) is 13.2 Å². The van der Waals surface area contributed by atoms with E-state index in [2.05, 4.69) is 15.0 Å². The lowest BCUT2D eigenvalue weighted by atomic mass is 10.0. The highest BCUT2D eigenvalue weighted by molar-refractivity contribution is 5.64. The van der Waals surface area contributed by atoms with Crippen LogP contribution >= 0.6 is 0 Å². The Morgan fingerprint density at radius 1 is 1.00 bits per heavy atom. The maximum atomic E-state index is 12.9. The van der Waals surface area contributed by atoms with E-state index in [-0.39, 0.29) is 6.04 Å². The highest BCUT2D eigenvalue weighted by Gasteiger charge is 2.36. The highest BCUT2D eigenvalue weighted by atomic mass is 19.4. The van der Waals surface area contributed by atoms with Crippen molar-refractivity contribution in [2.45, 2.75) is 31.5 Å². The Morgan fingerprint density at radius 2 is 1.82 bits per heavy atom. The van der Waals surface area contributed by atoms with Gasteiger partial charge in [-0.25, -0.2) is 4.98 Å². The summed E-state index contributed by atoms with van der Waals surface area (Å²) in [6.45, 7) is -0.464. The molecule has 1 saturated heterocycles. The molecule has 2 aromatic heterocycles. The third-order valence-electron chi connectivity index (χ3n) is 5.04. The van der Waals surface area contributed by atoms with E-state index in [1.807, 2.05) is 42.5 Å². The van der Waals surface area contributed by atoms with Gasteiger partial charge in [0.25, 0.3) is 0 Å². The number of piperidine rings is 1. The second-order valence-electron chi connectivity index (χ2n) is 7.07. The fraction of sp³-hybridized carbons (Fsp3) is 0.333. The van der Waals surface area contributed by atoms with Gasteiger partial charge in [-0.15, -0.1) is 0 Å². The number of benzene rings is 1. The van der Waals surface area contributed by atoms with Crippen LogP contribution in [0.4, 0.5) is 13.2 Å². The van der Waals surface area contributed by atoms with Crippen LogP contribution in [0.3, 0.4) is 0 Å². The highest BCUT2D eigenvalue weighted by Crippen LogP contribution is 2.33. The molecule has 3 aromatic rings. The largest absolute Gasteiger partial charge is 0.401 e.